The van der Waals surface area contributed by atoms with E-state index in [0.29, 0.717) is 37.8 Å². The van der Waals surface area contributed by atoms with E-state index in [1.165, 1.54) is 4.40 Å². The number of carbonyl (C=O) groups excluding carboxylic acids is 2. The minimum atomic E-state index is -0.662. The summed E-state index contributed by atoms with van der Waals surface area (Å²) in [5.41, 5.74) is 7.69. The molecule has 0 fully saturated rings. The lowest BCUT2D eigenvalue weighted by Crippen LogP contribution is -2.26. The van der Waals surface area contributed by atoms with Crippen molar-refractivity contribution in [3.05, 3.63) is 80.7 Å². The predicted octanol–water partition coefficient (Wildman–Crippen LogP) is 3.77. The van der Waals surface area contributed by atoms with Gasteiger partial charge in [0.2, 0.25) is 5.95 Å². The molecular formula is C22H17Cl2N5O2. The van der Waals surface area contributed by atoms with E-state index >= 15 is 0 Å². The van der Waals surface area contributed by atoms with Crippen molar-refractivity contribution >= 4 is 52.1 Å². The van der Waals surface area contributed by atoms with Gasteiger partial charge in [0, 0.05) is 26.7 Å². The van der Waals surface area contributed by atoms with Crippen LogP contribution in [0.25, 0.3) is 11.4 Å². The molecule has 0 unspecified atom stereocenters. The predicted molar refractivity (Wildman–Crippen MR) is 119 cm³/mol. The third kappa shape index (κ3) is 3.78. The first-order valence-electron chi connectivity index (χ1n) is 9.39. The molecule has 2 N–H and O–H groups in total. The second kappa shape index (κ2) is 8.09. The molecule has 2 heterocycles. The van der Waals surface area contributed by atoms with Gasteiger partial charge in [0.05, 0.1) is 17.0 Å². The molecule has 31 heavy (non-hydrogen) atoms. The first kappa shape index (κ1) is 21.0. The number of aromatic nitrogens is 4. The highest BCUT2D eigenvalue weighted by atomic mass is 35.5. The molecule has 4 rings (SSSR count). The van der Waals surface area contributed by atoms with Gasteiger partial charge in [-0.15, -0.1) is 10.2 Å². The standard InChI is InChI=1S/C22H17Cl2N5O2/c1-11(19(30)13-3-7-15(23)8-4-13)17-18(29-21(25)27-28-22(29)26-17)12(2)20(31)14-5-9-16(24)10-6-14/h3-11H,1-2H3,(H2,25,27)/b18-12+/t11-/m0/s1. The Labute approximate surface area is 187 Å². The van der Waals surface area contributed by atoms with Crippen molar-refractivity contribution in [2.24, 2.45) is 0 Å². The number of ketones is 2. The van der Waals surface area contributed by atoms with Crippen molar-refractivity contribution < 1.29 is 9.59 Å². The van der Waals surface area contributed by atoms with E-state index in [9.17, 15) is 9.59 Å². The molecule has 0 aliphatic carbocycles. The molecular weight excluding hydrogens is 437 g/mol. The molecule has 0 aliphatic heterocycles. The van der Waals surface area contributed by atoms with Crippen LogP contribution in [0.15, 0.2) is 48.5 Å². The summed E-state index contributed by atoms with van der Waals surface area (Å²) in [4.78, 5) is 30.8. The zero-order valence-electron chi connectivity index (χ0n) is 16.6. The van der Waals surface area contributed by atoms with Crippen LogP contribution in [0, 0.1) is 0 Å². The largest absolute Gasteiger partial charge is 0.368 e. The Morgan fingerprint density at radius 3 is 2.06 bits per heavy atom. The van der Waals surface area contributed by atoms with Crippen LogP contribution in [0.2, 0.25) is 10.0 Å². The fourth-order valence-electron chi connectivity index (χ4n) is 3.43. The van der Waals surface area contributed by atoms with Gasteiger partial charge in [0.25, 0.3) is 5.78 Å². The third-order valence-electron chi connectivity index (χ3n) is 5.09. The summed E-state index contributed by atoms with van der Waals surface area (Å²) >= 11 is 11.9. The number of anilines is 1. The van der Waals surface area contributed by atoms with E-state index < -0.39 is 5.92 Å². The number of Topliss-reactive ketones (excluding diaryl/α,β-unsaturated/α-hetero) is 2. The summed E-state index contributed by atoms with van der Waals surface area (Å²) in [5, 5.41) is 9.27. The fourth-order valence-corrected chi connectivity index (χ4v) is 3.68. The van der Waals surface area contributed by atoms with Crippen LogP contribution < -0.4 is 11.1 Å². The number of nitrogens with zero attached hydrogens (tertiary/aromatic N) is 4. The highest BCUT2D eigenvalue weighted by molar-refractivity contribution is 6.31. The van der Waals surface area contributed by atoms with Gasteiger partial charge >= 0.3 is 0 Å². The lowest BCUT2D eigenvalue weighted by molar-refractivity contribution is 0.0963. The molecule has 2 aromatic heterocycles. The zero-order chi connectivity index (χ0) is 22.3. The molecule has 0 saturated carbocycles. The maximum atomic E-state index is 13.2. The van der Waals surface area contributed by atoms with Crippen LogP contribution in [0.4, 0.5) is 5.95 Å². The smallest absolute Gasteiger partial charge is 0.257 e. The zero-order valence-corrected chi connectivity index (χ0v) is 18.1. The Balaban J connectivity index is 1.89. The highest BCUT2D eigenvalue weighted by Gasteiger charge is 2.26. The van der Waals surface area contributed by atoms with E-state index in [2.05, 4.69) is 15.2 Å². The number of hydrogen-bond acceptors (Lipinski definition) is 6. The number of nitrogens with two attached hydrogens (primary N) is 1. The number of carbonyl (C=O) groups is 2. The molecule has 0 saturated heterocycles. The second-order valence-corrected chi connectivity index (χ2v) is 7.97. The minimum absolute atomic E-state index is 0.0816. The summed E-state index contributed by atoms with van der Waals surface area (Å²) in [6, 6.07) is 13.2. The first-order chi connectivity index (χ1) is 14.8. The van der Waals surface area contributed by atoms with E-state index in [-0.39, 0.29) is 23.3 Å². The molecule has 9 heteroatoms. The van der Waals surface area contributed by atoms with Gasteiger partial charge in [-0.1, -0.05) is 23.2 Å². The Morgan fingerprint density at radius 1 is 0.935 bits per heavy atom. The van der Waals surface area contributed by atoms with Crippen molar-refractivity contribution in [2.45, 2.75) is 19.8 Å². The lowest BCUT2D eigenvalue weighted by atomic mass is 9.94. The molecule has 0 bridgehead atoms. The van der Waals surface area contributed by atoms with Gasteiger partial charge in [-0.05, 0) is 62.4 Å². The lowest BCUT2D eigenvalue weighted by Gasteiger charge is -2.10. The molecule has 0 spiro atoms. The number of nitrogen functional groups attached to an aromatic ring is 1. The summed E-state index contributed by atoms with van der Waals surface area (Å²) < 4.78 is 1.49. The van der Waals surface area contributed by atoms with Gasteiger partial charge in [0.15, 0.2) is 11.6 Å². The van der Waals surface area contributed by atoms with Crippen LogP contribution in [-0.2, 0) is 0 Å². The quantitative estimate of drug-likeness (QED) is 0.461. The minimum Gasteiger partial charge on any atom is -0.368 e. The maximum absolute atomic E-state index is 13.2. The third-order valence-corrected chi connectivity index (χ3v) is 5.60. The highest BCUT2D eigenvalue weighted by Crippen LogP contribution is 2.21. The van der Waals surface area contributed by atoms with Crippen molar-refractivity contribution in [1.29, 1.82) is 0 Å². The van der Waals surface area contributed by atoms with E-state index in [1.54, 1.807) is 62.4 Å². The monoisotopic (exact) mass is 453 g/mol. The molecule has 2 aromatic carbocycles. The van der Waals surface area contributed by atoms with E-state index in [0.717, 1.165) is 0 Å². The Hall–Kier alpha value is -3.29. The molecule has 1 atom stereocenters. The van der Waals surface area contributed by atoms with Crippen molar-refractivity contribution in [3.8, 4) is 0 Å². The van der Waals surface area contributed by atoms with E-state index in [4.69, 9.17) is 28.9 Å². The van der Waals surface area contributed by atoms with Crippen LogP contribution in [-0.4, -0.2) is 31.1 Å². The van der Waals surface area contributed by atoms with Crippen LogP contribution in [0.5, 0.6) is 0 Å². The fraction of sp³-hybridized carbons (Fsp3) is 0.136. The van der Waals surface area contributed by atoms with Gasteiger partial charge in [-0.3, -0.25) is 9.59 Å². The van der Waals surface area contributed by atoms with Crippen LogP contribution >= 0.6 is 23.2 Å². The number of imidazole rings is 1. The average Bonchev–Trinajstić information content (AvgIpc) is 3.32. The van der Waals surface area contributed by atoms with Gasteiger partial charge < -0.3 is 5.73 Å². The van der Waals surface area contributed by atoms with Gasteiger partial charge in [-0.2, -0.15) is 0 Å². The SMILES string of the molecule is C/C(C(=O)c1ccc(Cl)cc1)=c1/c([C@H](C)C(=O)c2ccc(Cl)cc2)nc2nnc(N)n12. The Bertz CT molecular complexity index is 1360. The average molecular weight is 454 g/mol. The van der Waals surface area contributed by atoms with E-state index in [1.807, 2.05) is 0 Å². The molecule has 4 aromatic rings. The number of rotatable bonds is 5. The molecule has 0 amide bonds. The van der Waals surface area contributed by atoms with Crippen LogP contribution in [0.3, 0.4) is 0 Å². The van der Waals surface area contributed by atoms with Crippen molar-refractivity contribution in [1.82, 2.24) is 19.6 Å². The molecule has 0 radical (unpaired) electrons. The number of benzene rings is 2. The second-order valence-electron chi connectivity index (χ2n) is 7.09. The molecule has 7 nitrogen and oxygen atoms in total. The van der Waals surface area contributed by atoms with Crippen molar-refractivity contribution in [2.75, 3.05) is 5.73 Å². The molecule has 0 aliphatic rings. The Kier molecular flexibility index (Phi) is 5.47. The Morgan fingerprint density at radius 2 is 1.48 bits per heavy atom. The number of hydrogen-bond donors (Lipinski definition) is 1. The summed E-state index contributed by atoms with van der Waals surface area (Å²) in [7, 11) is 0. The normalized spacial score (nSPS) is 13.3. The van der Waals surface area contributed by atoms with Crippen molar-refractivity contribution in [3.63, 3.8) is 0 Å². The summed E-state index contributed by atoms with van der Waals surface area (Å²) in [6.07, 6.45) is 0. The van der Waals surface area contributed by atoms with Gasteiger partial charge in [-0.25, -0.2) is 9.38 Å². The summed E-state index contributed by atoms with van der Waals surface area (Å²) in [5.74, 6) is -0.770. The molecule has 156 valence electrons. The van der Waals surface area contributed by atoms with Crippen LogP contribution in [0.1, 0.15) is 46.2 Å². The van der Waals surface area contributed by atoms with Gasteiger partial charge in [0.1, 0.15) is 0 Å². The maximum Gasteiger partial charge on any atom is 0.257 e. The first-order valence-corrected chi connectivity index (χ1v) is 10.1. The topological polar surface area (TPSA) is 103 Å². The number of halogens is 2. The number of fused-ring (bicyclic) bond motifs is 1. The summed E-state index contributed by atoms with van der Waals surface area (Å²) in [6.45, 7) is 3.39.